The Kier molecular flexibility index (Phi) is 312. The maximum absolute atomic E-state index is 4.20. The van der Waals surface area contributed by atoms with E-state index in [1.165, 1.54) is 0 Å². The number of halogens is 2. The average Bonchev–Trinajstić information content (AvgIpc) is 1.81. The van der Waals surface area contributed by atoms with Gasteiger partial charge >= 0.3 is 50.4 Å². The molecular formula is C2H2Cl2Cu2. The van der Waals surface area contributed by atoms with Crippen LogP contribution in [0.1, 0.15) is 0 Å². The third kappa shape index (κ3) is 65.1. The number of hydrogen-bond acceptors (Lipinski definition) is 0. The molecule has 0 fully saturated rings. The van der Waals surface area contributed by atoms with E-state index >= 15 is 0 Å². The molecular weight excluding hydrogens is 222 g/mol. The minimum atomic E-state index is 3.66. The van der Waals surface area contributed by atoms with Crippen molar-refractivity contribution in [1.29, 1.82) is 0 Å². The Labute approximate surface area is 63.0 Å². The third-order valence-corrected chi connectivity index (χ3v) is 0. The number of hydrogen-bond donors (Lipinski definition) is 0. The molecule has 46 valence electrons. The molecule has 0 aromatic heterocycles. The Morgan fingerprint density at radius 1 is 0.833 bits per heavy atom. The molecule has 0 aliphatic heterocycles. The van der Waals surface area contributed by atoms with Gasteiger partial charge in [-0.15, -0.1) is 12.8 Å². The summed E-state index contributed by atoms with van der Waals surface area (Å²) in [4.78, 5) is 0. The van der Waals surface area contributed by atoms with Crippen molar-refractivity contribution < 1.29 is 30.2 Å². The van der Waals surface area contributed by atoms with Gasteiger partial charge in [0.05, 0.1) is 0 Å². The molecule has 0 aliphatic rings. The second-order valence-corrected chi connectivity index (χ2v) is 0. The average molecular weight is 224 g/mol. The second kappa shape index (κ2) is 119. The minimum absolute atomic E-state index is 3.66. The summed E-state index contributed by atoms with van der Waals surface area (Å²) in [6.07, 6.45) is 8.00. The Bertz CT molecular complexity index is 14.3. The summed E-state index contributed by atoms with van der Waals surface area (Å²) in [5.74, 6) is 0. The molecule has 0 heterocycles. The Hall–Kier alpha value is 1.18. The molecule has 0 aromatic rings. The van der Waals surface area contributed by atoms with E-state index in [9.17, 15) is 0 Å². The van der Waals surface area contributed by atoms with Crippen LogP contribution < -0.4 is 0 Å². The fourth-order valence-corrected chi connectivity index (χ4v) is 0. The van der Waals surface area contributed by atoms with Crippen LogP contribution in [0.25, 0.3) is 0 Å². The molecule has 0 saturated carbocycles. The van der Waals surface area contributed by atoms with E-state index in [-0.39, 0.29) is 0 Å². The van der Waals surface area contributed by atoms with Gasteiger partial charge in [-0.25, -0.2) is 0 Å². The van der Waals surface area contributed by atoms with Crippen molar-refractivity contribution in [3.63, 3.8) is 0 Å². The van der Waals surface area contributed by atoms with Gasteiger partial charge in [-0.2, -0.15) is 0 Å². The van der Waals surface area contributed by atoms with E-state index in [2.05, 4.69) is 63.2 Å². The molecule has 0 aromatic carbocycles. The number of rotatable bonds is 0. The molecule has 0 saturated heterocycles. The molecule has 4 heteroatoms. The van der Waals surface area contributed by atoms with Crippen LogP contribution in [0.2, 0.25) is 0 Å². The zero-order valence-electron chi connectivity index (χ0n) is 2.51. The normalized spacial score (nSPS) is 2.67. The summed E-state index contributed by atoms with van der Waals surface area (Å²) in [6.45, 7) is 0. The Balaban J connectivity index is -0.0000000225. The first-order valence-corrected chi connectivity index (χ1v) is 3.15. The summed E-state index contributed by atoms with van der Waals surface area (Å²) in [5.41, 5.74) is 0. The summed E-state index contributed by atoms with van der Waals surface area (Å²) in [6, 6.07) is 0. The van der Waals surface area contributed by atoms with Gasteiger partial charge in [-0.1, -0.05) is 0 Å². The van der Waals surface area contributed by atoms with Crippen LogP contribution in [-0.4, -0.2) is 0 Å². The van der Waals surface area contributed by atoms with Gasteiger partial charge in [-0.3, -0.25) is 0 Å². The van der Waals surface area contributed by atoms with Crippen molar-refractivity contribution in [2.24, 2.45) is 0 Å². The molecule has 0 bridgehead atoms. The first kappa shape index (κ1) is 15.7. The van der Waals surface area contributed by atoms with Gasteiger partial charge in [0, 0.05) is 0 Å². The van der Waals surface area contributed by atoms with Gasteiger partial charge in [0.15, 0.2) is 0 Å². The number of terminal acetylenes is 1. The van der Waals surface area contributed by atoms with Gasteiger partial charge in [0.25, 0.3) is 0 Å². The Morgan fingerprint density at radius 2 is 0.833 bits per heavy atom. The van der Waals surface area contributed by atoms with Crippen molar-refractivity contribution in [3.05, 3.63) is 0 Å². The molecule has 0 aliphatic carbocycles. The summed E-state index contributed by atoms with van der Waals surface area (Å²) in [7, 11) is 8.40. The van der Waals surface area contributed by atoms with Crippen molar-refractivity contribution in [1.82, 2.24) is 0 Å². The van der Waals surface area contributed by atoms with Gasteiger partial charge < -0.3 is 0 Å². The van der Waals surface area contributed by atoms with Crippen LogP contribution >= 0.6 is 20.2 Å². The van der Waals surface area contributed by atoms with Crippen molar-refractivity contribution in [2.75, 3.05) is 0 Å². The van der Waals surface area contributed by atoms with Crippen LogP contribution in [0.3, 0.4) is 0 Å². The first-order chi connectivity index (χ1) is 3.00. The van der Waals surface area contributed by atoms with Crippen LogP contribution in [0.5, 0.6) is 0 Å². The zero-order valence-corrected chi connectivity index (χ0v) is 5.91. The summed E-state index contributed by atoms with van der Waals surface area (Å²) < 4.78 is 0. The predicted octanol–water partition coefficient (Wildman–Crippen LogP) is 1.62. The third-order valence-electron chi connectivity index (χ3n) is 0. The molecule has 0 spiro atoms. The van der Waals surface area contributed by atoms with E-state index in [1.54, 1.807) is 0 Å². The van der Waals surface area contributed by atoms with E-state index in [0.29, 0.717) is 0 Å². The van der Waals surface area contributed by atoms with E-state index in [0.717, 1.165) is 0 Å². The first-order valence-electron chi connectivity index (χ1n) is 0.561. The molecule has 0 unspecified atom stereocenters. The fraction of sp³-hybridized carbons (Fsp3) is 0. The fourth-order valence-electron chi connectivity index (χ4n) is 0. The van der Waals surface area contributed by atoms with E-state index in [1.807, 2.05) is 0 Å². The van der Waals surface area contributed by atoms with E-state index < -0.39 is 0 Å². The molecule has 0 radical (unpaired) electrons. The van der Waals surface area contributed by atoms with Crippen molar-refractivity contribution >= 4 is 20.2 Å². The monoisotopic (exact) mass is 222 g/mol. The molecule has 0 nitrogen and oxygen atoms in total. The van der Waals surface area contributed by atoms with Crippen LogP contribution in [0.4, 0.5) is 0 Å². The van der Waals surface area contributed by atoms with Gasteiger partial charge in [0.2, 0.25) is 0 Å². The summed E-state index contributed by atoms with van der Waals surface area (Å²) >= 11 is 7.32. The Morgan fingerprint density at radius 3 is 0.833 bits per heavy atom. The van der Waals surface area contributed by atoms with E-state index in [4.69, 9.17) is 0 Å². The molecule has 6 heavy (non-hydrogen) atoms. The van der Waals surface area contributed by atoms with Crippen LogP contribution in [-0.2, 0) is 30.2 Å². The maximum atomic E-state index is 4.20. The van der Waals surface area contributed by atoms with Gasteiger partial charge in [0.1, 0.15) is 0 Å². The second-order valence-electron chi connectivity index (χ2n) is 0. The van der Waals surface area contributed by atoms with Gasteiger partial charge in [-0.05, 0) is 0 Å². The molecule has 0 atom stereocenters. The quantitative estimate of drug-likeness (QED) is 0.433. The standard InChI is InChI=1S/C2H2.2ClH.2Cu/c1-2;;;;/h1-2H;2*1H;;/q;;;2*+1/p-2. The van der Waals surface area contributed by atoms with Crippen molar-refractivity contribution in [2.45, 2.75) is 0 Å². The zero-order chi connectivity index (χ0) is 6.00. The van der Waals surface area contributed by atoms with Crippen LogP contribution in [0.15, 0.2) is 0 Å². The molecule has 0 N–H and O–H groups in total. The predicted molar refractivity (Wildman–Crippen MR) is 21.6 cm³/mol. The molecule has 0 amide bonds. The topological polar surface area (TPSA) is 0 Å². The van der Waals surface area contributed by atoms with Crippen LogP contribution in [0, 0.1) is 12.8 Å². The molecule has 0 rings (SSSR count). The summed E-state index contributed by atoms with van der Waals surface area (Å²) in [5, 5.41) is 0. The van der Waals surface area contributed by atoms with Crippen molar-refractivity contribution in [3.8, 4) is 12.8 Å². The SMILES string of the molecule is C#C.[Cl][Cu].[Cl][Cu].